The van der Waals surface area contributed by atoms with Crippen LogP contribution in [0, 0.1) is 10.1 Å². The van der Waals surface area contributed by atoms with Gasteiger partial charge in [-0.15, -0.1) is 0 Å². The molecule has 6 nitrogen and oxygen atoms in total. The van der Waals surface area contributed by atoms with E-state index in [0.29, 0.717) is 18.1 Å². The second-order valence-electron chi connectivity index (χ2n) is 4.38. The highest BCUT2D eigenvalue weighted by molar-refractivity contribution is 6.30. The Bertz CT molecular complexity index is 544. The van der Waals surface area contributed by atoms with E-state index in [4.69, 9.17) is 11.6 Å². The van der Waals surface area contributed by atoms with Crippen molar-refractivity contribution >= 4 is 17.4 Å². The Morgan fingerprint density at radius 1 is 1.15 bits per heavy atom. The van der Waals surface area contributed by atoms with Gasteiger partial charge in [-0.25, -0.2) is 0 Å². The van der Waals surface area contributed by atoms with Gasteiger partial charge in [0.05, 0.1) is 4.92 Å². The minimum atomic E-state index is -0.655. The highest BCUT2D eigenvalue weighted by atomic mass is 35.5. The molecule has 20 heavy (non-hydrogen) atoms. The lowest BCUT2D eigenvalue weighted by atomic mass is 10.1. The molecule has 1 aliphatic rings. The summed E-state index contributed by atoms with van der Waals surface area (Å²) in [6, 6.07) is 6.02. The molecule has 1 fully saturated rings. The maximum Gasteiger partial charge on any atom is 0.356 e. The van der Waals surface area contributed by atoms with Crippen molar-refractivity contribution < 1.29 is 9.72 Å². The summed E-state index contributed by atoms with van der Waals surface area (Å²) in [7, 11) is 0. The standard InChI is InChI=1S/C13H14ClN3O3/c14-10-5-3-9(4-6-10)12(18)11(17(19)20)13-15-7-1-2-8-16-13/h3-6,15-16H,1-2,7-8H2. The highest BCUT2D eigenvalue weighted by Gasteiger charge is 2.29. The molecule has 0 bridgehead atoms. The minimum Gasteiger partial charge on any atom is -0.366 e. The molecule has 1 aromatic rings. The summed E-state index contributed by atoms with van der Waals surface area (Å²) in [6.07, 6.45) is 1.80. The first-order valence-corrected chi connectivity index (χ1v) is 6.64. The number of carbonyl (C=O) groups is 1. The van der Waals surface area contributed by atoms with Gasteiger partial charge in [0.25, 0.3) is 5.78 Å². The van der Waals surface area contributed by atoms with Gasteiger partial charge in [0.2, 0.25) is 0 Å². The van der Waals surface area contributed by atoms with E-state index in [0.717, 1.165) is 12.8 Å². The first-order chi connectivity index (χ1) is 9.59. The third-order valence-electron chi connectivity index (χ3n) is 2.95. The van der Waals surface area contributed by atoms with Crippen LogP contribution >= 0.6 is 11.6 Å². The number of hydrogen-bond acceptors (Lipinski definition) is 5. The Hall–Kier alpha value is -2.08. The Kier molecular flexibility index (Phi) is 4.57. The van der Waals surface area contributed by atoms with E-state index in [-0.39, 0.29) is 11.4 Å². The molecule has 0 saturated carbocycles. The lowest BCUT2D eigenvalue weighted by Gasteiger charge is -2.09. The fraction of sp³-hybridized carbons (Fsp3) is 0.308. The molecule has 7 heteroatoms. The van der Waals surface area contributed by atoms with Gasteiger partial charge in [-0.1, -0.05) is 11.6 Å². The molecule has 1 saturated heterocycles. The van der Waals surface area contributed by atoms with E-state index in [9.17, 15) is 14.9 Å². The number of ketones is 1. The molecule has 0 aromatic heterocycles. The molecule has 1 aliphatic heterocycles. The zero-order valence-corrected chi connectivity index (χ0v) is 11.4. The number of rotatable bonds is 3. The van der Waals surface area contributed by atoms with Gasteiger partial charge >= 0.3 is 5.70 Å². The van der Waals surface area contributed by atoms with E-state index in [2.05, 4.69) is 10.6 Å². The Labute approximate surface area is 121 Å². The number of allylic oxidation sites excluding steroid dienone is 1. The van der Waals surface area contributed by atoms with Crippen molar-refractivity contribution in [3.8, 4) is 0 Å². The summed E-state index contributed by atoms with van der Waals surface area (Å²) in [5.41, 5.74) is -0.226. The maximum absolute atomic E-state index is 12.3. The van der Waals surface area contributed by atoms with E-state index in [1.165, 1.54) is 24.3 Å². The van der Waals surface area contributed by atoms with Gasteiger partial charge < -0.3 is 10.6 Å². The van der Waals surface area contributed by atoms with Crippen molar-refractivity contribution in [3.63, 3.8) is 0 Å². The molecule has 0 unspecified atom stereocenters. The van der Waals surface area contributed by atoms with E-state index in [1.807, 2.05) is 0 Å². The summed E-state index contributed by atoms with van der Waals surface area (Å²) in [6.45, 7) is 1.21. The normalized spacial score (nSPS) is 14.8. The number of nitrogens with zero attached hydrogens (tertiary/aromatic N) is 1. The van der Waals surface area contributed by atoms with Crippen LogP contribution in [0.5, 0.6) is 0 Å². The van der Waals surface area contributed by atoms with Crippen molar-refractivity contribution in [1.29, 1.82) is 0 Å². The lowest BCUT2D eigenvalue weighted by Crippen LogP contribution is -2.30. The first-order valence-electron chi connectivity index (χ1n) is 6.26. The number of carbonyl (C=O) groups excluding carboxylic acids is 1. The SMILES string of the molecule is O=C(C(=C1NCCCCN1)[N+](=O)[O-])c1ccc(Cl)cc1. The fourth-order valence-electron chi connectivity index (χ4n) is 1.93. The molecular weight excluding hydrogens is 282 g/mol. The quantitative estimate of drug-likeness (QED) is 0.385. The zero-order chi connectivity index (χ0) is 14.5. The smallest absolute Gasteiger partial charge is 0.356 e. The average Bonchev–Trinajstić information content (AvgIpc) is 2.68. The predicted octanol–water partition coefficient (Wildman–Crippen LogP) is 1.94. The van der Waals surface area contributed by atoms with Crippen LogP contribution in [0.15, 0.2) is 35.8 Å². The van der Waals surface area contributed by atoms with Crippen LogP contribution in [-0.2, 0) is 0 Å². The van der Waals surface area contributed by atoms with Crippen molar-refractivity contribution in [2.24, 2.45) is 0 Å². The largest absolute Gasteiger partial charge is 0.366 e. The van der Waals surface area contributed by atoms with Gasteiger partial charge in [0.15, 0.2) is 5.82 Å². The van der Waals surface area contributed by atoms with E-state index >= 15 is 0 Å². The summed E-state index contributed by atoms with van der Waals surface area (Å²) in [5, 5.41) is 17.5. The van der Waals surface area contributed by atoms with Gasteiger partial charge in [-0.2, -0.15) is 0 Å². The molecule has 2 N–H and O–H groups in total. The third kappa shape index (κ3) is 3.27. The van der Waals surface area contributed by atoms with Gasteiger partial charge in [-0.05, 0) is 37.1 Å². The zero-order valence-electron chi connectivity index (χ0n) is 10.7. The summed E-state index contributed by atoms with van der Waals surface area (Å²) < 4.78 is 0. The molecule has 0 radical (unpaired) electrons. The predicted molar refractivity (Wildman–Crippen MR) is 75.0 cm³/mol. The van der Waals surface area contributed by atoms with Crippen molar-refractivity contribution in [2.75, 3.05) is 13.1 Å². The van der Waals surface area contributed by atoms with Crippen LogP contribution in [0.4, 0.5) is 0 Å². The molecule has 1 heterocycles. The number of halogens is 1. The second kappa shape index (κ2) is 6.38. The van der Waals surface area contributed by atoms with Crippen LogP contribution in [0.2, 0.25) is 5.02 Å². The Morgan fingerprint density at radius 3 is 2.20 bits per heavy atom. The number of nitro groups is 1. The molecule has 1 aromatic carbocycles. The van der Waals surface area contributed by atoms with Crippen LogP contribution < -0.4 is 10.6 Å². The monoisotopic (exact) mass is 295 g/mol. The summed E-state index contributed by atoms with van der Waals surface area (Å²) in [5.74, 6) is -0.448. The summed E-state index contributed by atoms with van der Waals surface area (Å²) in [4.78, 5) is 22.8. The molecule has 0 amide bonds. The molecule has 106 valence electrons. The van der Waals surface area contributed by atoms with Crippen LogP contribution in [0.25, 0.3) is 0 Å². The number of benzene rings is 1. The van der Waals surface area contributed by atoms with Crippen LogP contribution in [0.3, 0.4) is 0 Å². The molecule has 2 rings (SSSR count). The van der Waals surface area contributed by atoms with Crippen LogP contribution in [-0.4, -0.2) is 23.8 Å². The maximum atomic E-state index is 12.3. The Morgan fingerprint density at radius 2 is 1.70 bits per heavy atom. The van der Waals surface area contributed by atoms with E-state index in [1.54, 1.807) is 0 Å². The first kappa shape index (κ1) is 14.3. The molecule has 0 aliphatic carbocycles. The number of Topliss-reactive ketones (excluding diaryl/α,β-unsaturated/α-hetero) is 1. The summed E-state index contributed by atoms with van der Waals surface area (Å²) >= 11 is 5.75. The molecule has 0 spiro atoms. The van der Waals surface area contributed by atoms with Crippen LogP contribution in [0.1, 0.15) is 23.2 Å². The van der Waals surface area contributed by atoms with Gasteiger partial charge in [-0.3, -0.25) is 14.9 Å². The number of hydrogen-bond donors (Lipinski definition) is 2. The minimum absolute atomic E-state index is 0.187. The Balaban J connectivity index is 2.37. The van der Waals surface area contributed by atoms with Crippen molar-refractivity contribution in [3.05, 3.63) is 56.5 Å². The topological polar surface area (TPSA) is 84.3 Å². The average molecular weight is 296 g/mol. The third-order valence-corrected chi connectivity index (χ3v) is 3.20. The molecule has 0 atom stereocenters. The van der Waals surface area contributed by atoms with Gasteiger partial charge in [0, 0.05) is 23.7 Å². The molecular formula is C13H14ClN3O3. The fourth-order valence-corrected chi connectivity index (χ4v) is 2.06. The van der Waals surface area contributed by atoms with Crippen molar-refractivity contribution in [1.82, 2.24) is 10.6 Å². The second-order valence-corrected chi connectivity index (χ2v) is 4.81. The van der Waals surface area contributed by atoms with Gasteiger partial charge in [0.1, 0.15) is 0 Å². The van der Waals surface area contributed by atoms with Crippen molar-refractivity contribution in [2.45, 2.75) is 12.8 Å². The highest BCUT2D eigenvalue weighted by Crippen LogP contribution is 2.15. The number of nitrogens with one attached hydrogen (secondary N) is 2. The lowest BCUT2D eigenvalue weighted by molar-refractivity contribution is -0.418. The van der Waals surface area contributed by atoms with E-state index < -0.39 is 16.4 Å².